The molecule has 0 aromatic heterocycles. The summed E-state index contributed by atoms with van der Waals surface area (Å²) in [4.78, 5) is 13.3. The molecule has 2 rings (SSSR count). The first kappa shape index (κ1) is 14.9. The van der Waals surface area contributed by atoms with Crippen LogP contribution in [0, 0.1) is 0 Å². The molecule has 1 aromatic rings. The zero-order valence-corrected chi connectivity index (χ0v) is 12.4. The number of nitrogens with two attached hydrogens (primary N) is 1. The number of hydrogen-bond acceptors (Lipinski definition) is 3. The highest BCUT2D eigenvalue weighted by Crippen LogP contribution is 2.21. The topological polar surface area (TPSA) is 58.4 Å². The molecule has 1 saturated carbocycles. The van der Waals surface area contributed by atoms with Gasteiger partial charge in [0.2, 0.25) is 5.91 Å². The Hall–Kier alpha value is -1.55. The fraction of sp³-hybridized carbons (Fsp3) is 0.562. The van der Waals surface area contributed by atoms with Crippen LogP contribution in [0.5, 0.6) is 0 Å². The molecule has 1 amide bonds. The highest BCUT2D eigenvalue weighted by Gasteiger charge is 2.18. The number of likely N-dealkylation sites (N-methyl/N-ethyl adjacent to an activating group) is 1. The van der Waals surface area contributed by atoms with Crippen LogP contribution in [-0.4, -0.2) is 37.0 Å². The van der Waals surface area contributed by atoms with Gasteiger partial charge in [-0.1, -0.05) is 12.1 Å². The SMILES string of the molecule is CN(C)C(=O)Cc1ccc(NC2CCCC(N)C2)cc1. The molecule has 110 valence electrons. The highest BCUT2D eigenvalue weighted by atomic mass is 16.2. The van der Waals surface area contributed by atoms with Crippen molar-refractivity contribution in [1.29, 1.82) is 0 Å². The molecule has 4 heteroatoms. The van der Waals surface area contributed by atoms with Gasteiger partial charge in [-0.25, -0.2) is 0 Å². The Balaban J connectivity index is 1.89. The molecule has 0 aliphatic heterocycles. The Morgan fingerprint density at radius 1 is 1.30 bits per heavy atom. The molecule has 20 heavy (non-hydrogen) atoms. The van der Waals surface area contributed by atoms with Crippen molar-refractivity contribution in [2.45, 2.75) is 44.2 Å². The molecule has 1 aliphatic carbocycles. The molecule has 1 aromatic carbocycles. The minimum atomic E-state index is 0.129. The van der Waals surface area contributed by atoms with Crippen LogP contribution in [0.25, 0.3) is 0 Å². The van der Waals surface area contributed by atoms with E-state index >= 15 is 0 Å². The summed E-state index contributed by atoms with van der Waals surface area (Å²) < 4.78 is 0. The zero-order valence-electron chi connectivity index (χ0n) is 12.4. The Kier molecular flexibility index (Phi) is 5.01. The Morgan fingerprint density at radius 3 is 2.60 bits per heavy atom. The first-order valence-corrected chi connectivity index (χ1v) is 7.36. The second-order valence-electron chi connectivity index (χ2n) is 5.93. The second kappa shape index (κ2) is 6.75. The van der Waals surface area contributed by atoms with Gasteiger partial charge in [0.25, 0.3) is 0 Å². The van der Waals surface area contributed by atoms with Gasteiger partial charge in [0.1, 0.15) is 0 Å². The molecule has 0 bridgehead atoms. The smallest absolute Gasteiger partial charge is 0.226 e. The molecule has 3 N–H and O–H groups in total. The van der Waals surface area contributed by atoms with E-state index in [4.69, 9.17) is 5.73 Å². The lowest BCUT2D eigenvalue weighted by atomic mass is 9.91. The van der Waals surface area contributed by atoms with Crippen LogP contribution in [0.2, 0.25) is 0 Å². The number of nitrogens with zero attached hydrogens (tertiary/aromatic N) is 1. The predicted molar refractivity (Wildman–Crippen MR) is 82.7 cm³/mol. The van der Waals surface area contributed by atoms with Crippen LogP contribution >= 0.6 is 0 Å². The average Bonchev–Trinajstić information content (AvgIpc) is 2.41. The number of carbonyl (C=O) groups is 1. The Bertz CT molecular complexity index is 442. The summed E-state index contributed by atoms with van der Waals surface area (Å²) in [6, 6.07) is 8.96. The minimum Gasteiger partial charge on any atom is -0.382 e. The van der Waals surface area contributed by atoms with E-state index in [1.807, 2.05) is 12.1 Å². The van der Waals surface area contributed by atoms with Gasteiger partial charge in [-0.05, 0) is 43.4 Å². The largest absolute Gasteiger partial charge is 0.382 e. The normalized spacial score (nSPS) is 22.4. The molecular weight excluding hydrogens is 250 g/mol. The summed E-state index contributed by atoms with van der Waals surface area (Å²) >= 11 is 0. The van der Waals surface area contributed by atoms with Gasteiger partial charge < -0.3 is 16.0 Å². The first-order valence-electron chi connectivity index (χ1n) is 7.36. The maximum Gasteiger partial charge on any atom is 0.226 e. The Morgan fingerprint density at radius 2 is 2.00 bits per heavy atom. The summed E-state index contributed by atoms with van der Waals surface area (Å²) in [5.74, 6) is 0.129. The number of carbonyl (C=O) groups excluding carboxylic acids is 1. The van der Waals surface area contributed by atoms with E-state index in [9.17, 15) is 4.79 Å². The molecule has 0 heterocycles. The number of anilines is 1. The Labute approximate surface area is 121 Å². The monoisotopic (exact) mass is 275 g/mol. The lowest BCUT2D eigenvalue weighted by Crippen LogP contribution is -2.34. The van der Waals surface area contributed by atoms with Crippen molar-refractivity contribution >= 4 is 11.6 Å². The van der Waals surface area contributed by atoms with Crippen molar-refractivity contribution in [3.8, 4) is 0 Å². The van der Waals surface area contributed by atoms with Crippen LogP contribution in [0.3, 0.4) is 0 Å². The van der Waals surface area contributed by atoms with Crippen molar-refractivity contribution in [3.63, 3.8) is 0 Å². The summed E-state index contributed by atoms with van der Waals surface area (Å²) in [5, 5.41) is 3.54. The number of hydrogen-bond donors (Lipinski definition) is 2. The van der Waals surface area contributed by atoms with Gasteiger partial charge >= 0.3 is 0 Å². The van der Waals surface area contributed by atoms with Gasteiger partial charge in [0, 0.05) is 31.9 Å². The van der Waals surface area contributed by atoms with Crippen LogP contribution in [0.15, 0.2) is 24.3 Å². The molecule has 0 spiro atoms. The lowest BCUT2D eigenvalue weighted by molar-refractivity contribution is -0.127. The van der Waals surface area contributed by atoms with Gasteiger partial charge in [-0.15, -0.1) is 0 Å². The lowest BCUT2D eigenvalue weighted by Gasteiger charge is -2.28. The number of rotatable bonds is 4. The standard InChI is InChI=1S/C16H25N3O/c1-19(2)16(20)10-12-6-8-14(9-7-12)18-15-5-3-4-13(17)11-15/h6-9,13,15,18H,3-5,10-11,17H2,1-2H3. The molecule has 2 atom stereocenters. The first-order chi connectivity index (χ1) is 9.54. The van der Waals surface area contributed by atoms with Crippen molar-refractivity contribution in [1.82, 2.24) is 4.90 Å². The van der Waals surface area contributed by atoms with E-state index in [2.05, 4.69) is 17.4 Å². The number of benzene rings is 1. The zero-order chi connectivity index (χ0) is 14.5. The highest BCUT2D eigenvalue weighted by molar-refractivity contribution is 5.78. The molecule has 1 fully saturated rings. The van der Waals surface area contributed by atoms with E-state index in [0.29, 0.717) is 18.5 Å². The van der Waals surface area contributed by atoms with E-state index in [-0.39, 0.29) is 5.91 Å². The van der Waals surface area contributed by atoms with Gasteiger partial charge in [0.15, 0.2) is 0 Å². The third-order valence-electron chi connectivity index (χ3n) is 3.89. The number of nitrogens with one attached hydrogen (secondary N) is 1. The predicted octanol–water partition coefficient (Wildman–Crippen LogP) is 2.00. The van der Waals surface area contributed by atoms with Crippen molar-refractivity contribution in [2.24, 2.45) is 5.73 Å². The van der Waals surface area contributed by atoms with Gasteiger partial charge in [0.05, 0.1) is 6.42 Å². The minimum absolute atomic E-state index is 0.129. The van der Waals surface area contributed by atoms with E-state index in [1.165, 1.54) is 12.8 Å². The third-order valence-corrected chi connectivity index (χ3v) is 3.89. The van der Waals surface area contributed by atoms with Crippen LogP contribution in [0.4, 0.5) is 5.69 Å². The fourth-order valence-electron chi connectivity index (χ4n) is 2.65. The van der Waals surface area contributed by atoms with Crippen LogP contribution < -0.4 is 11.1 Å². The fourth-order valence-corrected chi connectivity index (χ4v) is 2.65. The molecular formula is C16H25N3O. The maximum absolute atomic E-state index is 11.6. The second-order valence-corrected chi connectivity index (χ2v) is 5.93. The van der Waals surface area contributed by atoms with Crippen molar-refractivity contribution < 1.29 is 4.79 Å². The van der Waals surface area contributed by atoms with Crippen molar-refractivity contribution in [2.75, 3.05) is 19.4 Å². The van der Waals surface area contributed by atoms with E-state index < -0.39 is 0 Å². The molecule has 1 aliphatic rings. The molecule has 0 radical (unpaired) electrons. The molecule has 4 nitrogen and oxygen atoms in total. The quantitative estimate of drug-likeness (QED) is 0.883. The average molecular weight is 275 g/mol. The summed E-state index contributed by atoms with van der Waals surface area (Å²) in [6.07, 6.45) is 5.04. The molecule has 2 unspecified atom stereocenters. The maximum atomic E-state index is 11.6. The summed E-state index contributed by atoms with van der Waals surface area (Å²) in [7, 11) is 3.56. The number of amides is 1. The van der Waals surface area contributed by atoms with Crippen LogP contribution in [0.1, 0.15) is 31.2 Å². The van der Waals surface area contributed by atoms with Gasteiger partial charge in [-0.3, -0.25) is 4.79 Å². The van der Waals surface area contributed by atoms with E-state index in [0.717, 1.165) is 24.1 Å². The third kappa shape index (κ3) is 4.23. The molecule has 0 saturated heterocycles. The van der Waals surface area contributed by atoms with Crippen molar-refractivity contribution in [3.05, 3.63) is 29.8 Å². The summed E-state index contributed by atoms with van der Waals surface area (Å²) in [6.45, 7) is 0. The van der Waals surface area contributed by atoms with Gasteiger partial charge in [-0.2, -0.15) is 0 Å². The van der Waals surface area contributed by atoms with Crippen LogP contribution in [-0.2, 0) is 11.2 Å². The summed E-state index contributed by atoms with van der Waals surface area (Å²) in [5.41, 5.74) is 8.17. The van der Waals surface area contributed by atoms with E-state index in [1.54, 1.807) is 19.0 Å².